The monoisotopic (exact) mass is 570 g/mol. The van der Waals surface area contributed by atoms with Gasteiger partial charge in [-0.2, -0.15) is 8.78 Å². The first-order chi connectivity index (χ1) is 17.8. The van der Waals surface area contributed by atoms with Gasteiger partial charge in [0.05, 0.1) is 5.69 Å². The van der Waals surface area contributed by atoms with Crippen molar-refractivity contribution in [1.82, 2.24) is 10.3 Å². The van der Waals surface area contributed by atoms with Gasteiger partial charge in [0.1, 0.15) is 5.78 Å². The number of aryl methyl sites for hydroxylation is 1. The summed E-state index contributed by atoms with van der Waals surface area (Å²) in [6, 6.07) is 6.60. The van der Waals surface area contributed by atoms with Gasteiger partial charge in [0.25, 0.3) is 0 Å². The molecule has 39 heavy (non-hydrogen) atoms. The standard InChI is InChI=1S/C28H31ClF2N2O5.Na/c1-15-5-6-17(20(29)11-15)12-19(34)13-18(9-10-23(35)36)25-24(16-7-8-16)26(38-33-25)21-14-22(37-32-21)28(30,31)27(2,3)4;/h5-6,11,14,16,18H,7-10,12-13H2,1-4H3,(H,35,36);/q;+1/p-1/t18-;/m0./s1. The van der Waals surface area contributed by atoms with E-state index in [0.29, 0.717) is 21.8 Å². The Bertz CT molecular complexity index is 1340. The van der Waals surface area contributed by atoms with Gasteiger partial charge in [0.2, 0.25) is 5.76 Å². The SMILES string of the molecule is Cc1ccc(CC(=O)C[C@H](CCC(=O)[O-])c2noc(-c3cc(C(F)(F)C(C)(C)C)on3)c2C2CC2)c(Cl)c1.[Na+]. The Kier molecular flexibility index (Phi) is 9.85. The molecule has 1 atom stereocenters. The van der Waals surface area contributed by atoms with Crippen molar-refractivity contribution in [3.63, 3.8) is 0 Å². The number of benzene rings is 1. The Morgan fingerprint density at radius 1 is 1.15 bits per heavy atom. The van der Waals surface area contributed by atoms with Crippen molar-refractivity contribution in [2.45, 2.75) is 84.0 Å². The molecule has 3 aromatic rings. The third-order valence-electron chi connectivity index (χ3n) is 6.89. The van der Waals surface area contributed by atoms with Crippen LogP contribution in [0, 0.1) is 12.3 Å². The molecule has 1 saturated carbocycles. The van der Waals surface area contributed by atoms with Crippen LogP contribution < -0.4 is 34.7 Å². The number of hydrogen-bond acceptors (Lipinski definition) is 7. The molecular weight excluding hydrogens is 541 g/mol. The van der Waals surface area contributed by atoms with Crippen LogP contribution in [-0.2, 0) is 21.9 Å². The molecule has 0 bridgehead atoms. The molecule has 0 unspecified atom stereocenters. The van der Waals surface area contributed by atoms with Crippen LogP contribution in [0.4, 0.5) is 8.78 Å². The summed E-state index contributed by atoms with van der Waals surface area (Å²) in [5, 5.41) is 19.8. The summed E-state index contributed by atoms with van der Waals surface area (Å²) in [4.78, 5) is 24.3. The van der Waals surface area contributed by atoms with E-state index in [1.54, 1.807) is 12.1 Å². The number of carboxylic acid groups (broad SMARTS) is 1. The molecule has 0 radical (unpaired) electrons. The van der Waals surface area contributed by atoms with Crippen LogP contribution >= 0.6 is 11.6 Å². The van der Waals surface area contributed by atoms with Crippen LogP contribution in [0.15, 0.2) is 33.3 Å². The maximum Gasteiger partial charge on any atom is 1.00 e. The van der Waals surface area contributed by atoms with Gasteiger partial charge in [-0.1, -0.05) is 54.8 Å². The molecule has 1 fully saturated rings. The molecular formula is C28H30ClF2N2NaO5. The molecule has 0 N–H and O–H groups in total. The van der Waals surface area contributed by atoms with Gasteiger partial charge in [0.15, 0.2) is 11.5 Å². The number of carbonyl (C=O) groups is 2. The first-order valence-electron chi connectivity index (χ1n) is 12.6. The third-order valence-corrected chi connectivity index (χ3v) is 7.24. The minimum absolute atomic E-state index is 0. The van der Waals surface area contributed by atoms with E-state index in [4.69, 9.17) is 20.6 Å². The predicted octanol–water partition coefficient (Wildman–Crippen LogP) is 3.13. The smallest absolute Gasteiger partial charge is 0.550 e. The fraction of sp³-hybridized carbons (Fsp3) is 0.500. The number of alkyl halides is 2. The second-order valence-electron chi connectivity index (χ2n) is 11.1. The van der Waals surface area contributed by atoms with Gasteiger partial charge in [-0.3, -0.25) is 4.79 Å². The summed E-state index contributed by atoms with van der Waals surface area (Å²) in [5.74, 6) is -5.57. The van der Waals surface area contributed by atoms with Crippen molar-refractivity contribution in [3.8, 4) is 11.5 Å². The molecule has 4 rings (SSSR count). The maximum atomic E-state index is 14.9. The molecule has 1 aromatic carbocycles. The normalized spacial score (nSPS) is 14.6. The van der Waals surface area contributed by atoms with E-state index < -0.39 is 29.0 Å². The van der Waals surface area contributed by atoms with Crippen LogP contribution in [0.3, 0.4) is 0 Å². The molecule has 1 aliphatic rings. The molecule has 1 aliphatic carbocycles. The number of hydrogen-bond donors (Lipinski definition) is 0. The Labute approximate surface area is 252 Å². The molecule has 0 saturated heterocycles. The van der Waals surface area contributed by atoms with Crippen LogP contribution in [0.25, 0.3) is 11.5 Å². The van der Waals surface area contributed by atoms with Crippen molar-refractivity contribution in [1.29, 1.82) is 0 Å². The fourth-order valence-electron chi connectivity index (χ4n) is 4.44. The predicted molar refractivity (Wildman–Crippen MR) is 134 cm³/mol. The van der Waals surface area contributed by atoms with Gasteiger partial charge >= 0.3 is 35.5 Å². The van der Waals surface area contributed by atoms with E-state index in [-0.39, 0.29) is 78.4 Å². The first-order valence-corrected chi connectivity index (χ1v) is 13.0. The zero-order valence-electron chi connectivity index (χ0n) is 22.8. The van der Waals surface area contributed by atoms with Crippen molar-refractivity contribution >= 4 is 23.4 Å². The summed E-state index contributed by atoms with van der Waals surface area (Å²) in [6.45, 7) is 6.11. The van der Waals surface area contributed by atoms with E-state index in [0.717, 1.165) is 24.5 Å². The van der Waals surface area contributed by atoms with Gasteiger partial charge < -0.3 is 18.9 Å². The largest absolute Gasteiger partial charge is 1.00 e. The van der Waals surface area contributed by atoms with E-state index in [1.165, 1.54) is 20.8 Å². The molecule has 11 heteroatoms. The third kappa shape index (κ3) is 7.17. The van der Waals surface area contributed by atoms with Gasteiger partial charge in [0, 0.05) is 46.8 Å². The average Bonchev–Trinajstić information content (AvgIpc) is 3.35. The van der Waals surface area contributed by atoms with Crippen molar-refractivity contribution in [3.05, 3.63) is 57.4 Å². The number of aromatic nitrogens is 2. The Morgan fingerprint density at radius 2 is 1.85 bits per heavy atom. The topological polar surface area (TPSA) is 109 Å². The zero-order chi connectivity index (χ0) is 27.8. The number of ketones is 1. The second kappa shape index (κ2) is 12.2. The molecule has 0 aliphatic heterocycles. The summed E-state index contributed by atoms with van der Waals surface area (Å²) < 4.78 is 40.3. The molecule has 0 amide bonds. The van der Waals surface area contributed by atoms with Crippen LogP contribution in [-0.4, -0.2) is 22.1 Å². The number of carboxylic acids is 1. The van der Waals surface area contributed by atoms with E-state index in [2.05, 4.69) is 10.3 Å². The number of nitrogens with zero attached hydrogens (tertiary/aromatic N) is 2. The van der Waals surface area contributed by atoms with Crippen LogP contribution in [0.5, 0.6) is 0 Å². The minimum atomic E-state index is -3.28. The summed E-state index contributed by atoms with van der Waals surface area (Å²) in [7, 11) is 0. The number of carbonyl (C=O) groups excluding carboxylic acids is 2. The Morgan fingerprint density at radius 3 is 2.44 bits per heavy atom. The number of Topliss-reactive ketones (excluding diaryl/α,β-unsaturated/α-hetero) is 1. The maximum absolute atomic E-state index is 14.9. The molecule has 2 aromatic heterocycles. The number of rotatable bonds is 11. The summed E-state index contributed by atoms with van der Waals surface area (Å²) in [6.07, 6.45) is 1.57. The van der Waals surface area contributed by atoms with Crippen molar-refractivity contribution in [2.75, 3.05) is 0 Å². The van der Waals surface area contributed by atoms with Crippen molar-refractivity contribution in [2.24, 2.45) is 5.41 Å². The van der Waals surface area contributed by atoms with Gasteiger partial charge in [-0.25, -0.2) is 0 Å². The molecule has 7 nitrogen and oxygen atoms in total. The molecule has 2 heterocycles. The second-order valence-corrected chi connectivity index (χ2v) is 11.5. The minimum Gasteiger partial charge on any atom is -0.550 e. The Balaban J connectivity index is 0.00000420. The zero-order valence-corrected chi connectivity index (χ0v) is 25.5. The van der Waals surface area contributed by atoms with E-state index in [9.17, 15) is 23.5 Å². The van der Waals surface area contributed by atoms with E-state index in [1.807, 2.05) is 13.0 Å². The average molecular weight is 571 g/mol. The van der Waals surface area contributed by atoms with Crippen LogP contribution in [0.2, 0.25) is 5.02 Å². The number of aliphatic carboxylic acids is 1. The number of halogens is 3. The first kappa shape index (κ1) is 31.5. The van der Waals surface area contributed by atoms with Crippen LogP contribution in [0.1, 0.15) is 92.9 Å². The van der Waals surface area contributed by atoms with Gasteiger partial charge in [-0.05, 0) is 55.7 Å². The Hall–Kier alpha value is -2.07. The summed E-state index contributed by atoms with van der Waals surface area (Å²) >= 11 is 6.30. The molecule has 0 spiro atoms. The fourth-order valence-corrected chi connectivity index (χ4v) is 4.74. The van der Waals surface area contributed by atoms with E-state index >= 15 is 0 Å². The molecule has 204 valence electrons. The quantitative estimate of drug-likeness (QED) is 0.326. The summed E-state index contributed by atoms with van der Waals surface area (Å²) in [5.41, 5.74) is 1.44. The van der Waals surface area contributed by atoms with Crippen molar-refractivity contribution < 1.29 is 62.1 Å². The van der Waals surface area contributed by atoms with Gasteiger partial charge in [-0.15, -0.1) is 0 Å².